The lowest BCUT2D eigenvalue weighted by molar-refractivity contribution is -0.128. The second kappa shape index (κ2) is 8.63. The van der Waals surface area contributed by atoms with E-state index in [9.17, 15) is 9.59 Å². The number of carbonyl (C=O) groups excluding carboxylic acids is 2. The summed E-state index contributed by atoms with van der Waals surface area (Å²) >= 11 is 6.63. The van der Waals surface area contributed by atoms with E-state index in [1.807, 2.05) is 30.3 Å². The van der Waals surface area contributed by atoms with Crippen molar-refractivity contribution in [1.29, 1.82) is 0 Å². The second-order valence-corrected chi connectivity index (χ2v) is 8.13. The third kappa shape index (κ3) is 4.92. The van der Waals surface area contributed by atoms with Gasteiger partial charge in [0, 0.05) is 6.54 Å². The highest BCUT2D eigenvalue weighted by atomic mass is 32.2. The normalized spacial score (nSPS) is 20.3. The van der Waals surface area contributed by atoms with Gasteiger partial charge in [-0.1, -0.05) is 79.7 Å². The molecule has 1 saturated carbocycles. The fraction of sp³-hybridized carbons (Fsp3) is 0.421. The maximum absolute atomic E-state index is 12.6. The van der Waals surface area contributed by atoms with Gasteiger partial charge in [-0.05, 0) is 24.3 Å². The number of nitrogens with one attached hydrogen (secondary N) is 1. The Hall–Kier alpha value is -1.66. The molecule has 4 nitrogen and oxygen atoms in total. The molecule has 2 amide bonds. The molecular formula is C19H22N2O2S2. The van der Waals surface area contributed by atoms with Crippen LogP contribution in [-0.2, 0) is 16.1 Å². The van der Waals surface area contributed by atoms with E-state index in [-0.39, 0.29) is 18.4 Å². The predicted octanol–water partition coefficient (Wildman–Crippen LogP) is 3.63. The summed E-state index contributed by atoms with van der Waals surface area (Å²) in [5.41, 5.74) is 1.03. The molecule has 1 aromatic rings. The van der Waals surface area contributed by atoms with Gasteiger partial charge in [0.15, 0.2) is 0 Å². The summed E-state index contributed by atoms with van der Waals surface area (Å²) in [6.45, 7) is 0.436. The van der Waals surface area contributed by atoms with Crippen LogP contribution in [0.1, 0.15) is 37.7 Å². The van der Waals surface area contributed by atoms with Crippen LogP contribution in [0.3, 0.4) is 0 Å². The van der Waals surface area contributed by atoms with Crippen molar-refractivity contribution in [3.8, 4) is 0 Å². The molecule has 0 aromatic heterocycles. The zero-order valence-corrected chi connectivity index (χ0v) is 15.7. The highest BCUT2D eigenvalue weighted by molar-refractivity contribution is 8.26. The molecule has 1 aromatic carbocycles. The third-order valence-corrected chi connectivity index (χ3v) is 5.94. The van der Waals surface area contributed by atoms with Crippen LogP contribution in [0.5, 0.6) is 0 Å². The first-order valence-electron chi connectivity index (χ1n) is 8.69. The highest BCUT2D eigenvalue weighted by Crippen LogP contribution is 2.34. The topological polar surface area (TPSA) is 49.4 Å². The summed E-state index contributed by atoms with van der Waals surface area (Å²) in [6, 6.07) is 9.70. The smallest absolute Gasteiger partial charge is 0.266 e. The molecule has 6 heteroatoms. The van der Waals surface area contributed by atoms with E-state index < -0.39 is 0 Å². The number of carbonyl (C=O) groups is 2. The number of rotatable bonds is 5. The average Bonchev–Trinajstić information content (AvgIpc) is 2.89. The van der Waals surface area contributed by atoms with Crippen molar-refractivity contribution in [2.45, 2.75) is 38.6 Å². The summed E-state index contributed by atoms with van der Waals surface area (Å²) in [4.78, 5) is 26.8. The molecule has 3 rings (SSSR count). The number of thiocarbonyl (C=S) groups is 1. The molecule has 1 aliphatic carbocycles. The fourth-order valence-corrected chi connectivity index (χ4v) is 4.48. The van der Waals surface area contributed by atoms with Crippen LogP contribution in [0, 0.1) is 5.92 Å². The summed E-state index contributed by atoms with van der Waals surface area (Å²) in [5, 5.41) is 2.84. The lowest BCUT2D eigenvalue weighted by Crippen LogP contribution is -2.39. The van der Waals surface area contributed by atoms with Gasteiger partial charge in [-0.3, -0.25) is 14.5 Å². The number of hydrogen-bond donors (Lipinski definition) is 1. The van der Waals surface area contributed by atoms with Gasteiger partial charge in [-0.15, -0.1) is 0 Å². The fourth-order valence-electron chi connectivity index (χ4n) is 3.16. The Labute approximate surface area is 158 Å². The molecule has 1 heterocycles. The van der Waals surface area contributed by atoms with Gasteiger partial charge >= 0.3 is 0 Å². The quantitative estimate of drug-likeness (QED) is 0.632. The Balaban J connectivity index is 1.55. The van der Waals surface area contributed by atoms with E-state index in [4.69, 9.17) is 12.2 Å². The van der Waals surface area contributed by atoms with Gasteiger partial charge < -0.3 is 5.32 Å². The first-order valence-corrected chi connectivity index (χ1v) is 9.92. The van der Waals surface area contributed by atoms with Crippen molar-refractivity contribution < 1.29 is 9.59 Å². The maximum Gasteiger partial charge on any atom is 0.266 e. The SMILES string of the molecule is O=C(CN1C(=O)/C(=C/C2CCCCC2)SC1=S)NCc1ccccc1. The molecule has 132 valence electrons. The summed E-state index contributed by atoms with van der Waals surface area (Å²) in [7, 11) is 0. The summed E-state index contributed by atoms with van der Waals surface area (Å²) < 4.78 is 0.474. The molecule has 1 saturated heterocycles. The van der Waals surface area contributed by atoms with Gasteiger partial charge in [0.1, 0.15) is 10.9 Å². The van der Waals surface area contributed by atoms with E-state index in [0.29, 0.717) is 21.7 Å². The number of allylic oxidation sites excluding steroid dienone is 1. The van der Waals surface area contributed by atoms with E-state index in [0.717, 1.165) is 18.4 Å². The Morgan fingerprint density at radius 3 is 2.68 bits per heavy atom. The van der Waals surface area contributed by atoms with E-state index in [1.54, 1.807) is 0 Å². The van der Waals surface area contributed by atoms with Crippen LogP contribution in [-0.4, -0.2) is 27.6 Å². The minimum atomic E-state index is -0.195. The summed E-state index contributed by atoms with van der Waals surface area (Å²) in [6.07, 6.45) is 8.09. The zero-order valence-electron chi connectivity index (χ0n) is 14.1. The lowest BCUT2D eigenvalue weighted by Gasteiger charge is -2.18. The largest absolute Gasteiger partial charge is 0.350 e. The van der Waals surface area contributed by atoms with Crippen LogP contribution in [0.4, 0.5) is 0 Å². The van der Waals surface area contributed by atoms with Crippen LogP contribution in [0.15, 0.2) is 41.3 Å². The first-order chi connectivity index (χ1) is 12.1. The van der Waals surface area contributed by atoms with Crippen molar-refractivity contribution in [2.75, 3.05) is 6.54 Å². The predicted molar refractivity (Wildman–Crippen MR) is 105 cm³/mol. The Bertz CT molecular complexity index is 682. The number of benzene rings is 1. The number of amides is 2. The third-order valence-electron chi connectivity index (χ3n) is 4.54. The molecular weight excluding hydrogens is 352 g/mol. The molecule has 0 unspecified atom stereocenters. The average molecular weight is 375 g/mol. The molecule has 1 aliphatic heterocycles. The monoisotopic (exact) mass is 374 g/mol. The summed E-state index contributed by atoms with van der Waals surface area (Å²) in [5.74, 6) is 0.143. The van der Waals surface area contributed by atoms with Crippen molar-refractivity contribution in [3.63, 3.8) is 0 Å². The van der Waals surface area contributed by atoms with E-state index in [2.05, 4.69) is 11.4 Å². The Morgan fingerprint density at radius 1 is 1.24 bits per heavy atom. The zero-order chi connectivity index (χ0) is 17.6. The van der Waals surface area contributed by atoms with Crippen LogP contribution < -0.4 is 5.32 Å². The van der Waals surface area contributed by atoms with Gasteiger partial charge in [0.25, 0.3) is 5.91 Å². The molecule has 0 atom stereocenters. The second-order valence-electron chi connectivity index (χ2n) is 6.45. The van der Waals surface area contributed by atoms with Crippen molar-refractivity contribution >= 4 is 40.1 Å². The van der Waals surface area contributed by atoms with Gasteiger partial charge in [0.05, 0.1) is 4.91 Å². The minimum Gasteiger partial charge on any atom is -0.350 e. The van der Waals surface area contributed by atoms with Crippen LogP contribution in [0.25, 0.3) is 0 Å². The number of nitrogens with zero attached hydrogens (tertiary/aromatic N) is 1. The number of thioether (sulfide) groups is 1. The molecule has 1 N–H and O–H groups in total. The van der Waals surface area contributed by atoms with Crippen LogP contribution >= 0.6 is 24.0 Å². The molecule has 0 bridgehead atoms. The Morgan fingerprint density at radius 2 is 1.96 bits per heavy atom. The standard InChI is InChI=1S/C19H22N2O2S2/c22-17(20-12-15-9-5-2-6-10-15)13-21-18(23)16(25-19(21)24)11-14-7-3-1-4-8-14/h2,5-6,9-11,14H,1,3-4,7-8,12-13H2,(H,20,22)/b16-11-. The van der Waals surface area contributed by atoms with Gasteiger partial charge in [-0.2, -0.15) is 0 Å². The van der Waals surface area contributed by atoms with Crippen molar-refractivity contribution in [2.24, 2.45) is 5.92 Å². The van der Waals surface area contributed by atoms with Gasteiger partial charge in [-0.25, -0.2) is 0 Å². The first kappa shape index (κ1) is 18.1. The van der Waals surface area contributed by atoms with Crippen molar-refractivity contribution in [3.05, 3.63) is 46.9 Å². The lowest BCUT2D eigenvalue weighted by atomic mass is 9.89. The van der Waals surface area contributed by atoms with Crippen LogP contribution in [0.2, 0.25) is 0 Å². The molecule has 2 fully saturated rings. The van der Waals surface area contributed by atoms with Gasteiger partial charge in [0.2, 0.25) is 5.91 Å². The molecule has 0 spiro atoms. The molecule has 0 radical (unpaired) electrons. The highest BCUT2D eigenvalue weighted by Gasteiger charge is 2.33. The number of hydrogen-bond acceptors (Lipinski definition) is 4. The van der Waals surface area contributed by atoms with E-state index >= 15 is 0 Å². The molecule has 25 heavy (non-hydrogen) atoms. The Kier molecular flexibility index (Phi) is 6.26. The van der Waals surface area contributed by atoms with Crippen molar-refractivity contribution in [1.82, 2.24) is 10.2 Å². The maximum atomic E-state index is 12.6. The van der Waals surface area contributed by atoms with E-state index in [1.165, 1.54) is 35.9 Å². The minimum absolute atomic E-state index is 0.0144. The molecule has 2 aliphatic rings.